The fourth-order valence-electron chi connectivity index (χ4n) is 5.83. The summed E-state index contributed by atoms with van der Waals surface area (Å²) in [5.41, 5.74) is 4.41. The maximum atomic E-state index is 13.5. The first kappa shape index (κ1) is 19.7. The monoisotopic (exact) mass is 439 g/mol. The van der Waals surface area contributed by atoms with Crippen LogP contribution in [0.25, 0.3) is 0 Å². The predicted molar refractivity (Wildman–Crippen MR) is 119 cm³/mol. The van der Waals surface area contributed by atoms with Crippen LogP contribution in [-0.4, -0.2) is 36.3 Å². The zero-order valence-corrected chi connectivity index (χ0v) is 17.9. The fraction of sp³-hybridized carbons (Fsp3) is 0.222. The molecule has 6 heteroatoms. The molecule has 164 valence electrons. The molecule has 0 radical (unpaired) electrons. The Kier molecular flexibility index (Phi) is 4.37. The number of benzene rings is 3. The first-order valence-corrected chi connectivity index (χ1v) is 11.0. The SMILES string of the molecule is COc1ccc(OC(=O)CN2C(=O)[C@@H]3C4c5ccccc5C(c5ccccc54)[C@@H]3C2=O)cc1. The van der Waals surface area contributed by atoms with Crippen molar-refractivity contribution in [2.75, 3.05) is 13.7 Å². The van der Waals surface area contributed by atoms with E-state index in [2.05, 4.69) is 24.3 Å². The average Bonchev–Trinajstić information content (AvgIpc) is 3.10. The molecule has 6 nitrogen and oxygen atoms in total. The van der Waals surface area contributed by atoms with Crippen LogP contribution >= 0.6 is 0 Å². The van der Waals surface area contributed by atoms with Gasteiger partial charge < -0.3 is 9.47 Å². The van der Waals surface area contributed by atoms with Crippen LogP contribution in [0.15, 0.2) is 72.8 Å². The van der Waals surface area contributed by atoms with Gasteiger partial charge in [-0.05, 0) is 46.5 Å². The van der Waals surface area contributed by atoms with Gasteiger partial charge >= 0.3 is 5.97 Å². The Morgan fingerprint density at radius 2 is 1.15 bits per heavy atom. The number of ether oxygens (including phenoxy) is 2. The maximum Gasteiger partial charge on any atom is 0.331 e. The molecule has 0 unspecified atom stereocenters. The molecule has 3 aromatic rings. The summed E-state index contributed by atoms with van der Waals surface area (Å²) in [6.45, 7) is -0.400. The summed E-state index contributed by atoms with van der Waals surface area (Å²) in [4.78, 5) is 40.8. The number of esters is 1. The van der Waals surface area contributed by atoms with Gasteiger partial charge in [-0.15, -0.1) is 0 Å². The van der Waals surface area contributed by atoms with Crippen LogP contribution in [0.1, 0.15) is 34.1 Å². The van der Waals surface area contributed by atoms with E-state index in [9.17, 15) is 14.4 Å². The molecule has 0 aromatic heterocycles. The van der Waals surface area contributed by atoms with Crippen molar-refractivity contribution < 1.29 is 23.9 Å². The first-order valence-electron chi connectivity index (χ1n) is 11.0. The predicted octanol–water partition coefficient (Wildman–Crippen LogP) is 3.49. The maximum absolute atomic E-state index is 13.5. The zero-order valence-electron chi connectivity index (χ0n) is 17.9. The Morgan fingerprint density at radius 3 is 1.58 bits per heavy atom. The van der Waals surface area contributed by atoms with Crippen molar-refractivity contribution in [1.29, 1.82) is 0 Å². The molecule has 0 spiro atoms. The van der Waals surface area contributed by atoms with Crippen LogP contribution in [-0.2, 0) is 14.4 Å². The third-order valence-electron chi connectivity index (χ3n) is 7.12. The van der Waals surface area contributed by atoms with Gasteiger partial charge in [0.25, 0.3) is 0 Å². The van der Waals surface area contributed by atoms with Gasteiger partial charge in [-0.3, -0.25) is 14.5 Å². The molecular formula is C27H21NO5. The summed E-state index contributed by atoms with van der Waals surface area (Å²) in [7, 11) is 1.55. The number of methoxy groups -OCH3 is 1. The molecule has 1 heterocycles. The quantitative estimate of drug-likeness (QED) is 0.354. The van der Waals surface area contributed by atoms with Gasteiger partial charge in [0.1, 0.15) is 18.0 Å². The molecule has 2 atom stereocenters. The van der Waals surface area contributed by atoms with E-state index in [4.69, 9.17) is 9.47 Å². The van der Waals surface area contributed by atoms with Gasteiger partial charge in [0.2, 0.25) is 11.8 Å². The smallest absolute Gasteiger partial charge is 0.331 e. The van der Waals surface area contributed by atoms with Gasteiger partial charge in [0.05, 0.1) is 18.9 Å². The molecule has 2 amide bonds. The number of rotatable bonds is 4. The molecule has 0 saturated carbocycles. The van der Waals surface area contributed by atoms with Crippen molar-refractivity contribution in [3.8, 4) is 11.5 Å². The van der Waals surface area contributed by atoms with Crippen molar-refractivity contribution in [2.45, 2.75) is 11.8 Å². The van der Waals surface area contributed by atoms with Gasteiger partial charge in [-0.2, -0.15) is 0 Å². The highest BCUT2D eigenvalue weighted by molar-refractivity contribution is 6.09. The Balaban J connectivity index is 1.31. The standard InChI is InChI=1S/C27H21NO5/c1-32-15-10-12-16(13-11-15)33-21(29)14-28-26(30)24-22-17-6-2-3-7-18(17)23(25(24)27(28)31)20-9-5-4-8-19(20)22/h2-13,22-25H,14H2,1H3/t22?,23?,24-,25+. The highest BCUT2D eigenvalue weighted by Crippen LogP contribution is 2.60. The second kappa shape index (κ2) is 7.30. The average molecular weight is 439 g/mol. The molecule has 3 aliphatic carbocycles. The van der Waals surface area contributed by atoms with E-state index in [-0.39, 0.29) is 23.7 Å². The second-order valence-corrected chi connectivity index (χ2v) is 8.68. The molecular weight excluding hydrogens is 418 g/mol. The van der Waals surface area contributed by atoms with E-state index in [1.807, 2.05) is 24.3 Å². The van der Waals surface area contributed by atoms with E-state index in [0.717, 1.165) is 27.2 Å². The highest BCUT2D eigenvalue weighted by atomic mass is 16.5. The Labute approximate surface area is 190 Å². The normalized spacial score (nSPS) is 24.2. The molecule has 7 rings (SSSR count). The largest absolute Gasteiger partial charge is 0.497 e. The number of carbonyl (C=O) groups excluding carboxylic acids is 3. The number of amides is 2. The zero-order chi connectivity index (χ0) is 22.7. The molecule has 1 saturated heterocycles. The van der Waals surface area contributed by atoms with Crippen LogP contribution in [0.4, 0.5) is 0 Å². The summed E-state index contributed by atoms with van der Waals surface area (Å²) < 4.78 is 10.5. The van der Waals surface area contributed by atoms with Crippen LogP contribution in [0, 0.1) is 11.8 Å². The van der Waals surface area contributed by atoms with Crippen molar-refractivity contribution >= 4 is 17.8 Å². The number of carbonyl (C=O) groups is 3. The molecule has 4 aliphatic rings. The fourth-order valence-corrected chi connectivity index (χ4v) is 5.83. The van der Waals surface area contributed by atoms with E-state index in [1.165, 1.54) is 0 Å². The Morgan fingerprint density at radius 1 is 0.727 bits per heavy atom. The minimum atomic E-state index is -0.650. The van der Waals surface area contributed by atoms with Crippen molar-refractivity contribution in [1.82, 2.24) is 4.90 Å². The minimum Gasteiger partial charge on any atom is -0.497 e. The van der Waals surface area contributed by atoms with E-state index < -0.39 is 24.3 Å². The summed E-state index contributed by atoms with van der Waals surface area (Å²) in [6.07, 6.45) is 0. The molecule has 0 N–H and O–H groups in total. The molecule has 3 aromatic carbocycles. The second-order valence-electron chi connectivity index (χ2n) is 8.68. The molecule has 1 fully saturated rings. The van der Waals surface area contributed by atoms with Gasteiger partial charge in [-0.25, -0.2) is 4.79 Å². The summed E-state index contributed by atoms with van der Waals surface area (Å²) in [6, 6.07) is 22.7. The number of hydrogen-bond donors (Lipinski definition) is 0. The van der Waals surface area contributed by atoms with Gasteiger partial charge in [0.15, 0.2) is 0 Å². The van der Waals surface area contributed by atoms with Crippen molar-refractivity contribution in [3.05, 3.63) is 95.1 Å². The lowest BCUT2D eigenvalue weighted by molar-refractivity contribution is -0.148. The third kappa shape index (κ3) is 2.83. The molecule has 2 bridgehead atoms. The summed E-state index contributed by atoms with van der Waals surface area (Å²) >= 11 is 0. The Bertz CT molecular complexity index is 1180. The lowest BCUT2D eigenvalue weighted by Gasteiger charge is -2.45. The number of nitrogens with zero attached hydrogens (tertiary/aromatic N) is 1. The lowest BCUT2D eigenvalue weighted by atomic mass is 9.55. The highest BCUT2D eigenvalue weighted by Gasteiger charge is 2.61. The third-order valence-corrected chi connectivity index (χ3v) is 7.12. The van der Waals surface area contributed by atoms with Gasteiger partial charge in [-0.1, -0.05) is 48.5 Å². The van der Waals surface area contributed by atoms with E-state index >= 15 is 0 Å². The number of imide groups is 1. The molecule has 1 aliphatic heterocycles. The topological polar surface area (TPSA) is 72.9 Å². The summed E-state index contributed by atoms with van der Waals surface area (Å²) in [5.74, 6) is -1.65. The van der Waals surface area contributed by atoms with Crippen LogP contribution < -0.4 is 9.47 Å². The summed E-state index contributed by atoms with van der Waals surface area (Å²) in [5, 5.41) is 0. The van der Waals surface area contributed by atoms with E-state index in [0.29, 0.717) is 11.5 Å². The lowest BCUT2D eigenvalue weighted by Crippen LogP contribution is -2.41. The van der Waals surface area contributed by atoms with Crippen LogP contribution in [0.5, 0.6) is 11.5 Å². The minimum absolute atomic E-state index is 0.188. The number of likely N-dealkylation sites (tertiary alicyclic amines) is 1. The first-order chi connectivity index (χ1) is 16.1. The molecule has 33 heavy (non-hydrogen) atoms. The van der Waals surface area contributed by atoms with E-state index in [1.54, 1.807) is 31.4 Å². The number of hydrogen-bond acceptors (Lipinski definition) is 5. The van der Waals surface area contributed by atoms with Crippen LogP contribution in [0.3, 0.4) is 0 Å². The van der Waals surface area contributed by atoms with Gasteiger partial charge in [0, 0.05) is 11.8 Å². The van der Waals surface area contributed by atoms with Crippen LogP contribution in [0.2, 0.25) is 0 Å². The van der Waals surface area contributed by atoms with Crippen molar-refractivity contribution in [2.24, 2.45) is 11.8 Å². The Hall–Kier alpha value is -3.93. The van der Waals surface area contributed by atoms with Crippen molar-refractivity contribution in [3.63, 3.8) is 0 Å².